The molecule has 0 aromatic carbocycles. The first-order valence-electron chi connectivity index (χ1n) is 7.05. The molecule has 0 spiro atoms. The Balaban J connectivity index is 3.29. The number of hydrogen-bond acceptors (Lipinski definition) is 4. The van der Waals surface area contributed by atoms with Crippen LogP contribution < -0.4 is 0 Å². The van der Waals surface area contributed by atoms with Gasteiger partial charge in [-0.05, 0) is 67.0 Å². The summed E-state index contributed by atoms with van der Waals surface area (Å²) in [6.07, 6.45) is 5.00. The number of carbonyl (C=O) groups is 1. The summed E-state index contributed by atoms with van der Waals surface area (Å²) in [5.74, 6) is -0.0585. The molecular formula is C14H30N2O2. The molecular weight excluding hydrogens is 228 g/mol. The maximum absolute atomic E-state index is 11.1. The SMILES string of the molecule is CCOC(=O)CCCCCN(C)CCCN(C)C. The molecule has 0 aliphatic heterocycles. The standard InChI is InChI=1S/C14H30N2O2/c1-5-18-14(17)10-7-6-8-12-16(4)13-9-11-15(2)3/h5-13H2,1-4H3. The van der Waals surface area contributed by atoms with Gasteiger partial charge >= 0.3 is 5.97 Å². The average Bonchev–Trinajstić information content (AvgIpc) is 2.28. The lowest BCUT2D eigenvalue weighted by Crippen LogP contribution is -2.24. The number of unbranched alkanes of at least 4 members (excludes halogenated alkanes) is 2. The van der Waals surface area contributed by atoms with Crippen LogP contribution in [-0.2, 0) is 9.53 Å². The third-order valence-corrected chi connectivity index (χ3v) is 2.87. The van der Waals surface area contributed by atoms with Gasteiger partial charge in [-0.1, -0.05) is 6.42 Å². The molecule has 108 valence electrons. The third kappa shape index (κ3) is 11.9. The zero-order chi connectivity index (χ0) is 13.8. The van der Waals surface area contributed by atoms with Gasteiger partial charge in [0, 0.05) is 6.42 Å². The highest BCUT2D eigenvalue weighted by Gasteiger charge is 2.02. The highest BCUT2D eigenvalue weighted by molar-refractivity contribution is 5.69. The summed E-state index contributed by atoms with van der Waals surface area (Å²) in [7, 11) is 6.38. The largest absolute Gasteiger partial charge is 0.466 e. The molecule has 0 saturated carbocycles. The van der Waals surface area contributed by atoms with Gasteiger partial charge in [-0.25, -0.2) is 0 Å². The zero-order valence-corrected chi connectivity index (χ0v) is 12.6. The van der Waals surface area contributed by atoms with Crippen LogP contribution in [0.3, 0.4) is 0 Å². The van der Waals surface area contributed by atoms with Crippen molar-refractivity contribution in [3.05, 3.63) is 0 Å². The fraction of sp³-hybridized carbons (Fsp3) is 0.929. The summed E-state index contributed by atoms with van der Waals surface area (Å²) >= 11 is 0. The minimum atomic E-state index is -0.0585. The van der Waals surface area contributed by atoms with Gasteiger partial charge in [-0.3, -0.25) is 4.79 Å². The highest BCUT2D eigenvalue weighted by atomic mass is 16.5. The van der Waals surface area contributed by atoms with Crippen LogP contribution in [0, 0.1) is 0 Å². The second kappa shape index (κ2) is 11.5. The molecule has 0 rings (SSSR count). The van der Waals surface area contributed by atoms with Crippen LogP contribution >= 0.6 is 0 Å². The van der Waals surface area contributed by atoms with Gasteiger partial charge in [0.25, 0.3) is 0 Å². The number of carbonyl (C=O) groups excluding carboxylic acids is 1. The molecule has 0 radical (unpaired) electrons. The number of hydrogen-bond donors (Lipinski definition) is 0. The van der Waals surface area contributed by atoms with E-state index in [2.05, 4.69) is 30.9 Å². The van der Waals surface area contributed by atoms with Gasteiger partial charge in [0.15, 0.2) is 0 Å². The Morgan fingerprint density at radius 2 is 1.61 bits per heavy atom. The van der Waals surface area contributed by atoms with E-state index in [0.717, 1.165) is 38.9 Å². The van der Waals surface area contributed by atoms with Crippen molar-refractivity contribution >= 4 is 5.97 Å². The number of rotatable bonds is 11. The van der Waals surface area contributed by atoms with Crippen molar-refractivity contribution in [1.82, 2.24) is 9.80 Å². The average molecular weight is 258 g/mol. The monoisotopic (exact) mass is 258 g/mol. The Morgan fingerprint density at radius 1 is 0.944 bits per heavy atom. The number of nitrogens with zero attached hydrogens (tertiary/aromatic N) is 2. The Bertz CT molecular complexity index is 208. The van der Waals surface area contributed by atoms with Crippen molar-refractivity contribution < 1.29 is 9.53 Å². The van der Waals surface area contributed by atoms with Crippen LogP contribution in [0.5, 0.6) is 0 Å². The molecule has 0 unspecified atom stereocenters. The first-order valence-corrected chi connectivity index (χ1v) is 7.05. The summed E-state index contributed by atoms with van der Waals surface area (Å²) in [6.45, 7) is 5.76. The zero-order valence-electron chi connectivity index (χ0n) is 12.6. The van der Waals surface area contributed by atoms with Gasteiger partial charge in [-0.2, -0.15) is 0 Å². The molecule has 0 amide bonds. The molecule has 0 atom stereocenters. The van der Waals surface area contributed by atoms with E-state index in [4.69, 9.17) is 4.74 Å². The molecule has 0 saturated heterocycles. The fourth-order valence-corrected chi connectivity index (χ4v) is 1.83. The summed E-state index contributed by atoms with van der Waals surface area (Å²) in [5, 5.41) is 0. The lowest BCUT2D eigenvalue weighted by Gasteiger charge is -2.17. The van der Waals surface area contributed by atoms with Crippen molar-refractivity contribution in [2.24, 2.45) is 0 Å². The normalized spacial score (nSPS) is 11.2. The van der Waals surface area contributed by atoms with Crippen molar-refractivity contribution in [3.8, 4) is 0 Å². The van der Waals surface area contributed by atoms with E-state index in [9.17, 15) is 4.79 Å². The van der Waals surface area contributed by atoms with Gasteiger partial charge in [-0.15, -0.1) is 0 Å². The molecule has 0 bridgehead atoms. The predicted octanol–water partition coefficient (Wildman–Crippen LogP) is 1.99. The molecule has 0 fully saturated rings. The molecule has 0 aromatic rings. The third-order valence-electron chi connectivity index (χ3n) is 2.87. The van der Waals surface area contributed by atoms with Gasteiger partial charge in [0.05, 0.1) is 6.61 Å². The second-order valence-corrected chi connectivity index (χ2v) is 5.08. The summed E-state index contributed by atoms with van der Waals surface area (Å²) in [5.41, 5.74) is 0. The topological polar surface area (TPSA) is 32.8 Å². The van der Waals surface area contributed by atoms with Crippen LogP contribution in [-0.4, -0.2) is 63.2 Å². The van der Waals surface area contributed by atoms with Gasteiger partial charge < -0.3 is 14.5 Å². The summed E-state index contributed by atoms with van der Waals surface area (Å²) < 4.78 is 4.89. The first-order chi connectivity index (χ1) is 8.56. The molecule has 0 aromatic heterocycles. The molecule has 4 heteroatoms. The quantitative estimate of drug-likeness (QED) is 0.419. The molecule has 0 aliphatic rings. The van der Waals surface area contributed by atoms with Crippen LogP contribution in [0.1, 0.15) is 39.0 Å². The second-order valence-electron chi connectivity index (χ2n) is 5.08. The maximum Gasteiger partial charge on any atom is 0.305 e. The van der Waals surface area contributed by atoms with E-state index >= 15 is 0 Å². The maximum atomic E-state index is 11.1. The van der Waals surface area contributed by atoms with E-state index in [1.807, 2.05) is 6.92 Å². The molecule has 0 N–H and O–H groups in total. The van der Waals surface area contributed by atoms with Crippen molar-refractivity contribution in [2.75, 3.05) is 47.4 Å². The van der Waals surface area contributed by atoms with Crippen LogP contribution in [0.4, 0.5) is 0 Å². The molecule has 18 heavy (non-hydrogen) atoms. The van der Waals surface area contributed by atoms with Crippen molar-refractivity contribution in [2.45, 2.75) is 39.0 Å². The Morgan fingerprint density at radius 3 is 2.22 bits per heavy atom. The smallest absolute Gasteiger partial charge is 0.305 e. The van der Waals surface area contributed by atoms with Gasteiger partial charge in [0.1, 0.15) is 0 Å². The lowest BCUT2D eigenvalue weighted by molar-refractivity contribution is -0.143. The van der Waals surface area contributed by atoms with Crippen molar-refractivity contribution in [1.29, 1.82) is 0 Å². The molecule has 0 aliphatic carbocycles. The minimum Gasteiger partial charge on any atom is -0.466 e. The number of esters is 1. The fourth-order valence-electron chi connectivity index (χ4n) is 1.83. The van der Waals surface area contributed by atoms with E-state index < -0.39 is 0 Å². The van der Waals surface area contributed by atoms with Gasteiger partial charge in [0.2, 0.25) is 0 Å². The van der Waals surface area contributed by atoms with Crippen LogP contribution in [0.2, 0.25) is 0 Å². The van der Waals surface area contributed by atoms with E-state index in [-0.39, 0.29) is 5.97 Å². The Kier molecular flexibility index (Phi) is 11.1. The Labute approximate surface area is 112 Å². The van der Waals surface area contributed by atoms with E-state index in [0.29, 0.717) is 13.0 Å². The number of ether oxygens (including phenoxy) is 1. The van der Waals surface area contributed by atoms with Crippen molar-refractivity contribution in [3.63, 3.8) is 0 Å². The molecule has 0 heterocycles. The molecule has 4 nitrogen and oxygen atoms in total. The predicted molar refractivity (Wildman–Crippen MR) is 75.8 cm³/mol. The van der Waals surface area contributed by atoms with Crippen LogP contribution in [0.25, 0.3) is 0 Å². The lowest BCUT2D eigenvalue weighted by atomic mass is 10.2. The Hall–Kier alpha value is -0.610. The highest BCUT2D eigenvalue weighted by Crippen LogP contribution is 2.03. The summed E-state index contributed by atoms with van der Waals surface area (Å²) in [4.78, 5) is 15.7. The minimum absolute atomic E-state index is 0.0585. The van der Waals surface area contributed by atoms with E-state index in [1.54, 1.807) is 0 Å². The van der Waals surface area contributed by atoms with Crippen LogP contribution in [0.15, 0.2) is 0 Å². The summed E-state index contributed by atoms with van der Waals surface area (Å²) in [6, 6.07) is 0. The van der Waals surface area contributed by atoms with E-state index in [1.165, 1.54) is 6.42 Å². The first kappa shape index (κ1) is 17.4.